The predicted octanol–water partition coefficient (Wildman–Crippen LogP) is 2.30. The maximum Gasteiger partial charge on any atom is 0.408 e. The number of carbonyl (C=O) groups is 3. The average molecular weight is 323 g/mol. The summed E-state index contributed by atoms with van der Waals surface area (Å²) in [4.78, 5) is 35.0. The van der Waals surface area contributed by atoms with Crippen molar-refractivity contribution in [3.8, 4) is 0 Å². The van der Waals surface area contributed by atoms with Crippen LogP contribution in [0.3, 0.4) is 0 Å². The van der Waals surface area contributed by atoms with Gasteiger partial charge in [0, 0.05) is 0 Å². The first-order chi connectivity index (χ1) is 10.5. The van der Waals surface area contributed by atoms with Crippen LogP contribution in [0, 0.1) is 0 Å². The number of amides is 1. The number of hydrogen-bond acceptors (Lipinski definition) is 5. The van der Waals surface area contributed by atoms with Crippen molar-refractivity contribution in [2.24, 2.45) is 0 Å². The smallest absolute Gasteiger partial charge is 0.408 e. The van der Waals surface area contributed by atoms with Gasteiger partial charge in [-0.05, 0) is 45.4 Å². The second kappa shape index (κ2) is 6.68. The topological polar surface area (TPSA) is 102 Å². The number of carboxylic acids is 1. The second-order valence-corrected chi connectivity index (χ2v) is 6.13. The molecule has 0 spiro atoms. The van der Waals surface area contributed by atoms with Crippen molar-refractivity contribution in [1.82, 2.24) is 5.32 Å². The Balaban J connectivity index is 3.07. The number of nitrogens with one attached hydrogen (secondary N) is 1. The Morgan fingerprint density at radius 1 is 1.04 bits per heavy atom. The minimum absolute atomic E-state index is 0.279. The lowest BCUT2D eigenvalue weighted by molar-refractivity contribution is -0.144. The van der Waals surface area contributed by atoms with E-state index in [4.69, 9.17) is 4.74 Å². The molecule has 0 aromatic heterocycles. The molecule has 126 valence electrons. The number of ether oxygens (including phenoxy) is 2. The van der Waals surface area contributed by atoms with Gasteiger partial charge in [-0.3, -0.25) is 0 Å². The van der Waals surface area contributed by atoms with Crippen molar-refractivity contribution < 1.29 is 29.0 Å². The second-order valence-electron chi connectivity index (χ2n) is 6.13. The molecule has 0 fully saturated rings. The van der Waals surface area contributed by atoms with Gasteiger partial charge >= 0.3 is 18.0 Å². The number of carbonyl (C=O) groups excluding carboxylic acids is 2. The van der Waals surface area contributed by atoms with Crippen LogP contribution in [0.15, 0.2) is 24.3 Å². The summed E-state index contributed by atoms with van der Waals surface area (Å²) >= 11 is 0. The summed E-state index contributed by atoms with van der Waals surface area (Å²) in [5.41, 5.74) is -1.88. The summed E-state index contributed by atoms with van der Waals surface area (Å²) < 4.78 is 9.68. The molecule has 7 heteroatoms. The number of carboxylic acid groups (broad SMARTS) is 1. The Morgan fingerprint density at radius 2 is 1.57 bits per heavy atom. The van der Waals surface area contributed by atoms with E-state index in [0.717, 1.165) is 0 Å². The zero-order valence-electron chi connectivity index (χ0n) is 13.8. The van der Waals surface area contributed by atoms with E-state index in [1.165, 1.54) is 38.3 Å². The van der Waals surface area contributed by atoms with Crippen LogP contribution >= 0.6 is 0 Å². The maximum absolute atomic E-state index is 11.9. The molecule has 0 aliphatic heterocycles. The molecule has 23 heavy (non-hydrogen) atoms. The molecular formula is C16H21NO6. The third kappa shape index (κ3) is 4.70. The first-order valence-corrected chi connectivity index (χ1v) is 6.93. The number of alkyl carbamates (subject to hydrolysis) is 1. The fourth-order valence-corrected chi connectivity index (χ4v) is 1.81. The summed E-state index contributed by atoms with van der Waals surface area (Å²) in [6.07, 6.45) is -0.848. The molecule has 0 saturated carbocycles. The van der Waals surface area contributed by atoms with E-state index in [2.05, 4.69) is 10.1 Å². The third-order valence-electron chi connectivity index (χ3n) is 3.06. The first kappa shape index (κ1) is 18.5. The van der Waals surface area contributed by atoms with E-state index in [9.17, 15) is 19.5 Å². The Labute approximate surface area is 134 Å². The fraction of sp³-hybridized carbons (Fsp3) is 0.438. The lowest BCUT2D eigenvalue weighted by Crippen LogP contribution is -2.51. The Morgan fingerprint density at radius 3 is 1.96 bits per heavy atom. The van der Waals surface area contributed by atoms with Crippen molar-refractivity contribution in [2.75, 3.05) is 7.11 Å². The van der Waals surface area contributed by atoms with E-state index < -0.39 is 29.2 Å². The monoisotopic (exact) mass is 323 g/mol. The minimum atomic E-state index is -1.70. The molecule has 2 N–H and O–H groups in total. The number of rotatable bonds is 4. The van der Waals surface area contributed by atoms with Crippen LogP contribution in [-0.4, -0.2) is 35.8 Å². The van der Waals surface area contributed by atoms with Gasteiger partial charge in [0.15, 0.2) is 5.54 Å². The van der Waals surface area contributed by atoms with Gasteiger partial charge in [0.2, 0.25) is 0 Å². The van der Waals surface area contributed by atoms with E-state index in [0.29, 0.717) is 5.56 Å². The molecule has 0 bridgehead atoms. The molecule has 1 rings (SSSR count). The highest BCUT2D eigenvalue weighted by atomic mass is 16.6. The third-order valence-corrected chi connectivity index (χ3v) is 3.06. The lowest BCUT2D eigenvalue weighted by Gasteiger charge is -2.29. The van der Waals surface area contributed by atoms with Gasteiger partial charge in [0.25, 0.3) is 0 Å². The molecule has 0 radical (unpaired) electrons. The molecule has 0 aliphatic rings. The lowest BCUT2D eigenvalue weighted by atomic mass is 9.91. The molecule has 0 heterocycles. The molecule has 1 aromatic carbocycles. The first-order valence-electron chi connectivity index (χ1n) is 6.93. The average Bonchev–Trinajstić information content (AvgIpc) is 2.44. The van der Waals surface area contributed by atoms with Crippen LogP contribution in [0.2, 0.25) is 0 Å². The summed E-state index contributed by atoms with van der Waals surface area (Å²) in [7, 11) is 1.25. The van der Waals surface area contributed by atoms with Gasteiger partial charge in [0.05, 0.1) is 12.7 Å². The number of hydrogen-bond donors (Lipinski definition) is 2. The van der Waals surface area contributed by atoms with Crippen LogP contribution < -0.4 is 5.32 Å². The molecule has 1 amide bonds. The highest BCUT2D eigenvalue weighted by Gasteiger charge is 2.38. The van der Waals surface area contributed by atoms with Crippen molar-refractivity contribution in [1.29, 1.82) is 0 Å². The summed E-state index contributed by atoms with van der Waals surface area (Å²) in [6.45, 7) is 6.37. The van der Waals surface area contributed by atoms with Gasteiger partial charge in [-0.15, -0.1) is 0 Å². The van der Waals surface area contributed by atoms with Gasteiger partial charge in [-0.25, -0.2) is 14.4 Å². The highest BCUT2D eigenvalue weighted by Crippen LogP contribution is 2.23. The Kier molecular flexibility index (Phi) is 5.37. The minimum Gasteiger partial charge on any atom is -0.479 e. The molecular weight excluding hydrogens is 302 g/mol. The number of benzene rings is 1. The quantitative estimate of drug-likeness (QED) is 0.824. The highest BCUT2D eigenvalue weighted by molar-refractivity contribution is 5.90. The van der Waals surface area contributed by atoms with Gasteiger partial charge in [0.1, 0.15) is 5.60 Å². The number of aliphatic carboxylic acids is 1. The van der Waals surface area contributed by atoms with Crippen molar-refractivity contribution in [3.05, 3.63) is 35.4 Å². The van der Waals surface area contributed by atoms with Gasteiger partial charge in [-0.2, -0.15) is 0 Å². The summed E-state index contributed by atoms with van der Waals surface area (Å²) in [5, 5.41) is 11.8. The molecule has 0 aliphatic carbocycles. The fourth-order valence-electron chi connectivity index (χ4n) is 1.81. The van der Waals surface area contributed by atoms with Crippen LogP contribution in [0.4, 0.5) is 4.79 Å². The summed E-state index contributed by atoms with van der Waals surface area (Å²) in [5.74, 6) is -1.79. The predicted molar refractivity (Wildman–Crippen MR) is 82.1 cm³/mol. The van der Waals surface area contributed by atoms with E-state index in [1.54, 1.807) is 20.8 Å². The molecule has 7 nitrogen and oxygen atoms in total. The molecule has 0 saturated heterocycles. The summed E-state index contributed by atoms with van der Waals surface area (Å²) in [6, 6.07) is 5.74. The van der Waals surface area contributed by atoms with Crippen molar-refractivity contribution in [2.45, 2.75) is 38.8 Å². The zero-order valence-corrected chi connectivity index (χ0v) is 13.8. The normalized spacial score (nSPS) is 13.6. The van der Waals surface area contributed by atoms with Crippen molar-refractivity contribution >= 4 is 18.0 Å². The molecule has 1 aromatic rings. The van der Waals surface area contributed by atoms with E-state index in [-0.39, 0.29) is 5.56 Å². The number of esters is 1. The SMILES string of the molecule is COC(=O)c1ccc([C@](C)(NC(=O)OC(C)(C)C)C(=O)O)cc1. The Hall–Kier alpha value is -2.57. The van der Waals surface area contributed by atoms with Crippen LogP contribution in [0.25, 0.3) is 0 Å². The van der Waals surface area contributed by atoms with Gasteiger partial charge < -0.3 is 19.9 Å². The maximum atomic E-state index is 11.9. The van der Waals surface area contributed by atoms with Gasteiger partial charge in [-0.1, -0.05) is 12.1 Å². The zero-order chi connectivity index (χ0) is 17.8. The van der Waals surface area contributed by atoms with E-state index in [1.807, 2.05) is 0 Å². The van der Waals surface area contributed by atoms with Crippen LogP contribution in [0.1, 0.15) is 43.6 Å². The Bertz CT molecular complexity index is 602. The van der Waals surface area contributed by atoms with Crippen LogP contribution in [0.5, 0.6) is 0 Å². The number of methoxy groups -OCH3 is 1. The van der Waals surface area contributed by atoms with Crippen molar-refractivity contribution in [3.63, 3.8) is 0 Å². The molecule has 0 unspecified atom stereocenters. The standard InChI is InChI=1S/C16H21NO6/c1-15(2,3)23-14(21)17-16(4,13(19)20)11-8-6-10(7-9-11)12(18)22-5/h6-9H,1-5H3,(H,17,21)(H,19,20)/t16-/m0/s1. The van der Waals surface area contributed by atoms with E-state index >= 15 is 0 Å². The van der Waals surface area contributed by atoms with Crippen LogP contribution in [-0.2, 0) is 19.8 Å². The largest absolute Gasteiger partial charge is 0.479 e. The molecule has 1 atom stereocenters.